The number of aromatic nitrogens is 9. The molecule has 0 radical (unpaired) electrons. The molecule has 8 aromatic rings. The summed E-state index contributed by atoms with van der Waals surface area (Å²) in [6.07, 6.45) is 21.2. The van der Waals surface area contributed by atoms with E-state index in [4.69, 9.17) is 30.2 Å². The zero-order valence-corrected chi connectivity index (χ0v) is 54.7. The number of carbonyl (C=O) groups is 3. The smallest absolute Gasteiger partial charge is 0.246 e. The lowest BCUT2D eigenvalue weighted by Gasteiger charge is -2.48. The van der Waals surface area contributed by atoms with Crippen LogP contribution in [0, 0.1) is 17.3 Å². The van der Waals surface area contributed by atoms with E-state index in [1.165, 1.54) is 5.56 Å². The van der Waals surface area contributed by atoms with E-state index in [0.717, 1.165) is 197 Å². The van der Waals surface area contributed by atoms with Gasteiger partial charge >= 0.3 is 0 Å². The highest BCUT2D eigenvalue weighted by molar-refractivity contribution is 6.01. The molecular formula is C74H84N18O3. The van der Waals surface area contributed by atoms with Crippen molar-refractivity contribution in [2.45, 2.75) is 102 Å². The molecule has 16 rings (SSSR count). The summed E-state index contributed by atoms with van der Waals surface area (Å²) in [6, 6.07) is 33.3. The maximum atomic E-state index is 15.0. The predicted molar refractivity (Wildman–Crippen MR) is 366 cm³/mol. The van der Waals surface area contributed by atoms with Gasteiger partial charge in [-0.1, -0.05) is 92.7 Å². The van der Waals surface area contributed by atoms with Crippen molar-refractivity contribution in [2.24, 2.45) is 17.3 Å². The lowest BCUT2D eigenvalue weighted by molar-refractivity contribution is -0.163. The summed E-state index contributed by atoms with van der Waals surface area (Å²) in [5.41, 5.74) is 10.1. The molecule has 21 heteroatoms. The number of fused-ring (bicyclic) bond motifs is 7. The number of para-hydroxylation sites is 1. The minimum atomic E-state index is -0.324. The zero-order valence-electron chi connectivity index (χ0n) is 54.7. The highest BCUT2D eigenvalue weighted by atomic mass is 16.2. The van der Waals surface area contributed by atoms with Crippen LogP contribution in [0.25, 0.3) is 28.2 Å². The van der Waals surface area contributed by atoms with Crippen molar-refractivity contribution in [3.05, 3.63) is 169 Å². The Morgan fingerprint density at radius 1 is 0.537 bits per heavy atom. The molecule has 5 aromatic heterocycles. The minimum Gasteiger partial charge on any atom is -0.355 e. The second-order valence-electron chi connectivity index (χ2n) is 28.4. The summed E-state index contributed by atoms with van der Waals surface area (Å²) in [7, 11) is 0. The lowest BCUT2D eigenvalue weighted by Crippen LogP contribution is -2.65. The molecule has 13 heterocycles. The number of rotatable bonds is 11. The second-order valence-corrected chi connectivity index (χ2v) is 28.4. The minimum absolute atomic E-state index is 0.00756. The number of pyridine rings is 2. The Balaban J connectivity index is 0.509. The number of carbonyl (C=O) groups excluding carboxylic acids is 3. The van der Waals surface area contributed by atoms with E-state index in [1.807, 2.05) is 93.2 Å². The topological polar surface area (TPSA) is 188 Å². The first-order valence-corrected chi connectivity index (χ1v) is 34.5. The van der Waals surface area contributed by atoms with Crippen LogP contribution in [-0.2, 0) is 20.9 Å². The Morgan fingerprint density at radius 2 is 1.09 bits per heavy atom. The van der Waals surface area contributed by atoms with Crippen molar-refractivity contribution in [2.75, 3.05) is 116 Å². The summed E-state index contributed by atoms with van der Waals surface area (Å²) in [5, 5.41) is 9.80. The first-order valence-electron chi connectivity index (χ1n) is 34.5. The van der Waals surface area contributed by atoms with E-state index < -0.39 is 0 Å². The third-order valence-corrected chi connectivity index (χ3v) is 22.2. The lowest BCUT2D eigenvalue weighted by atomic mass is 9.72. The van der Waals surface area contributed by atoms with Gasteiger partial charge in [0.05, 0.1) is 48.7 Å². The van der Waals surface area contributed by atoms with Gasteiger partial charge in [-0.2, -0.15) is 0 Å². The SMILES string of the molecule is CC(C)(C)C1CCN2C(=O)C3CC(N4CCN(c5cnc(N6CCN(c7cnc(N8CCC(c9ccc(-n%10nnc%11c%10-c%10ccccc%10CN(C(=O)C%10CCN(C(c%12cccnc%12)c%12cccnc%12)CC%10)c%10ccccc%10-%11)cc9)CC8)cn7)CC6)cn5)CC4)CN3C(=O)C2C1. The van der Waals surface area contributed by atoms with E-state index in [1.54, 1.807) is 0 Å². The predicted octanol–water partition coefficient (Wildman–Crippen LogP) is 8.79. The van der Waals surface area contributed by atoms with Gasteiger partial charge in [-0.05, 0) is 128 Å². The summed E-state index contributed by atoms with van der Waals surface area (Å²) >= 11 is 0. The van der Waals surface area contributed by atoms with Crippen LogP contribution in [0.3, 0.4) is 0 Å². The number of piperidine rings is 3. The van der Waals surface area contributed by atoms with Crippen LogP contribution in [0.2, 0.25) is 0 Å². The van der Waals surface area contributed by atoms with E-state index >= 15 is 4.79 Å². The Hall–Kier alpha value is -9.21. The van der Waals surface area contributed by atoms with Crippen LogP contribution in [0.15, 0.2) is 147 Å². The molecule has 4 unspecified atom stereocenters. The Kier molecular flexibility index (Phi) is 16.3. The molecule has 0 aliphatic carbocycles. The average molecular weight is 1270 g/mol. The highest BCUT2D eigenvalue weighted by Crippen LogP contribution is 2.45. The average Bonchev–Trinajstić information content (AvgIpc) is 1.70. The molecule has 3 aromatic carbocycles. The first-order chi connectivity index (χ1) is 46.4. The number of hydrogen-bond acceptors (Lipinski definition) is 17. The zero-order chi connectivity index (χ0) is 64.3. The van der Waals surface area contributed by atoms with Gasteiger partial charge in [-0.15, -0.1) is 5.10 Å². The van der Waals surface area contributed by atoms with Gasteiger partial charge in [0.15, 0.2) is 0 Å². The van der Waals surface area contributed by atoms with Crippen LogP contribution in [0.1, 0.15) is 99.9 Å². The molecule has 0 bridgehead atoms. The summed E-state index contributed by atoms with van der Waals surface area (Å²) in [6.45, 7) is 18.5. The molecule has 0 saturated carbocycles. The largest absolute Gasteiger partial charge is 0.355 e. The maximum absolute atomic E-state index is 15.0. The molecule has 488 valence electrons. The molecule has 4 atom stereocenters. The number of amides is 3. The van der Waals surface area contributed by atoms with Crippen LogP contribution in [0.5, 0.6) is 0 Å². The van der Waals surface area contributed by atoms with Gasteiger partial charge in [-0.25, -0.2) is 24.6 Å². The first kappa shape index (κ1) is 60.7. The van der Waals surface area contributed by atoms with E-state index in [0.29, 0.717) is 31.5 Å². The number of hydrogen-bond donors (Lipinski definition) is 0. The van der Waals surface area contributed by atoms with Crippen molar-refractivity contribution < 1.29 is 14.4 Å². The molecule has 21 nitrogen and oxygen atoms in total. The van der Waals surface area contributed by atoms with Gasteiger partial charge in [0.2, 0.25) is 17.7 Å². The monoisotopic (exact) mass is 1270 g/mol. The molecule has 7 saturated heterocycles. The summed E-state index contributed by atoms with van der Waals surface area (Å²) in [5.74, 6) is 4.73. The third kappa shape index (κ3) is 11.7. The number of anilines is 5. The van der Waals surface area contributed by atoms with E-state index in [-0.39, 0.29) is 53.2 Å². The Morgan fingerprint density at radius 3 is 1.68 bits per heavy atom. The Bertz CT molecular complexity index is 4000. The third-order valence-electron chi connectivity index (χ3n) is 22.2. The standard InChI is InChI=1S/C74H84N18O3/c1-74(2,3)56-24-31-89-62(40-56)73(95)91-49-58(41-63(91)72(89)94)83-32-34-85(35-33-83)65-46-80-67(47-79-65)87-38-36-86(37-39-87)66-45-77-64(44-78-66)84-27-20-51(21-28-84)50-16-18-57(19-17-50)92-70-59-13-5-4-10-55(59)48-90(61-15-7-6-14-60(61)68(70)81-82-92)71(93)52-22-29-88(30-23-52)69(53-11-8-25-75-42-53)54-12-9-26-76-43-54/h4-19,25-26,42-47,51-52,56,58,62-63,69H,20-24,27-41,48-49H2,1-3H3. The molecule has 3 amide bonds. The number of nitrogens with zero attached hydrogens (tertiary/aromatic N) is 18. The molecule has 8 aliphatic heterocycles. The van der Waals surface area contributed by atoms with E-state index in [9.17, 15) is 9.59 Å². The summed E-state index contributed by atoms with van der Waals surface area (Å²) in [4.78, 5) is 91.4. The highest BCUT2D eigenvalue weighted by Gasteiger charge is 2.54. The molecule has 8 aliphatic rings. The van der Waals surface area contributed by atoms with Gasteiger partial charge in [0.1, 0.15) is 46.7 Å². The second kappa shape index (κ2) is 25.5. The van der Waals surface area contributed by atoms with Crippen molar-refractivity contribution >= 4 is 46.7 Å². The van der Waals surface area contributed by atoms with Crippen LogP contribution in [0.4, 0.5) is 29.0 Å². The van der Waals surface area contributed by atoms with Crippen molar-refractivity contribution in [3.63, 3.8) is 0 Å². The molecule has 7 fully saturated rings. The van der Waals surface area contributed by atoms with Gasteiger partial charge in [0, 0.05) is 126 Å². The normalized spacial score (nSPS) is 22.5. The maximum Gasteiger partial charge on any atom is 0.246 e. The van der Waals surface area contributed by atoms with Crippen molar-refractivity contribution in [1.82, 2.24) is 64.5 Å². The van der Waals surface area contributed by atoms with Crippen LogP contribution in [-0.4, -0.2) is 192 Å². The van der Waals surface area contributed by atoms with Crippen molar-refractivity contribution in [1.29, 1.82) is 0 Å². The summed E-state index contributed by atoms with van der Waals surface area (Å²) < 4.78 is 1.98. The van der Waals surface area contributed by atoms with Crippen molar-refractivity contribution in [3.8, 4) is 28.2 Å². The van der Waals surface area contributed by atoms with Crippen LogP contribution >= 0.6 is 0 Å². The van der Waals surface area contributed by atoms with Gasteiger partial charge < -0.3 is 34.3 Å². The fraction of sp³-hybridized carbons (Fsp3) is 0.446. The van der Waals surface area contributed by atoms with Gasteiger partial charge in [0.25, 0.3) is 0 Å². The van der Waals surface area contributed by atoms with Gasteiger partial charge in [-0.3, -0.25) is 34.2 Å². The Labute approximate surface area is 555 Å². The number of piperazine rings is 3. The molecule has 0 N–H and O–H groups in total. The number of benzene rings is 3. The quantitative estimate of drug-likeness (QED) is 0.119. The van der Waals surface area contributed by atoms with Crippen LogP contribution < -0.4 is 24.5 Å². The fourth-order valence-corrected chi connectivity index (χ4v) is 16.7. The molecule has 0 spiro atoms. The number of likely N-dealkylation sites (tertiary alicyclic amines) is 1. The van der Waals surface area contributed by atoms with E-state index in [2.05, 4.69) is 133 Å². The molecule has 95 heavy (non-hydrogen) atoms. The fourth-order valence-electron chi connectivity index (χ4n) is 16.7. The molecular weight excluding hydrogens is 1190 g/mol.